The van der Waals surface area contributed by atoms with Crippen molar-refractivity contribution in [1.82, 2.24) is 10.2 Å². The number of thioether (sulfide) groups is 1. The molecule has 0 spiro atoms. The summed E-state index contributed by atoms with van der Waals surface area (Å²) in [6.45, 7) is 0. The van der Waals surface area contributed by atoms with Crippen molar-refractivity contribution in [2.24, 2.45) is 0 Å². The molecule has 10 nitrogen and oxygen atoms in total. The molecule has 0 radical (unpaired) electrons. The fourth-order valence-electron chi connectivity index (χ4n) is 2.41. The number of aromatic nitrogens is 2. The number of hydrogen-bond acceptors (Lipinski definition) is 9. The first kappa shape index (κ1) is 21.4. The maximum absolute atomic E-state index is 12.3. The largest absolute Gasteiger partial charge is 0.495 e. The summed E-state index contributed by atoms with van der Waals surface area (Å²) in [6.07, 6.45) is 0. The van der Waals surface area contributed by atoms with Gasteiger partial charge in [-0.15, -0.1) is 10.2 Å². The lowest BCUT2D eigenvalue weighted by Crippen LogP contribution is -2.14. The summed E-state index contributed by atoms with van der Waals surface area (Å²) >= 11 is 7.11. The highest BCUT2D eigenvalue weighted by Crippen LogP contribution is 2.36. The Bertz CT molecular complexity index is 1090. The van der Waals surface area contributed by atoms with E-state index in [1.54, 1.807) is 12.1 Å². The van der Waals surface area contributed by atoms with Crippen molar-refractivity contribution in [1.29, 1.82) is 0 Å². The van der Waals surface area contributed by atoms with Gasteiger partial charge in [-0.3, -0.25) is 14.9 Å². The third-order valence-electron chi connectivity index (χ3n) is 3.79. The molecule has 1 aromatic heterocycles. The molecule has 0 fully saturated rings. The molecule has 156 valence electrons. The van der Waals surface area contributed by atoms with E-state index >= 15 is 0 Å². The Hall–Kier alpha value is -3.31. The summed E-state index contributed by atoms with van der Waals surface area (Å²) in [4.78, 5) is 22.7. The fraction of sp³-hybridized carbons (Fsp3) is 0.167. The Morgan fingerprint density at radius 3 is 2.70 bits per heavy atom. The van der Waals surface area contributed by atoms with Gasteiger partial charge in [0.25, 0.3) is 10.9 Å². The predicted molar refractivity (Wildman–Crippen MR) is 110 cm³/mol. The second-order valence-corrected chi connectivity index (χ2v) is 7.04. The smallest absolute Gasteiger partial charge is 0.277 e. The van der Waals surface area contributed by atoms with Gasteiger partial charge in [0.05, 0.1) is 35.6 Å². The van der Waals surface area contributed by atoms with Gasteiger partial charge in [-0.05, 0) is 12.1 Å². The Morgan fingerprint density at radius 2 is 2.00 bits per heavy atom. The van der Waals surface area contributed by atoms with Gasteiger partial charge in [0.15, 0.2) is 0 Å². The minimum atomic E-state index is -0.514. The van der Waals surface area contributed by atoms with E-state index in [-0.39, 0.29) is 28.5 Å². The number of nitro benzene ring substituents is 1. The maximum atomic E-state index is 12.3. The lowest BCUT2D eigenvalue weighted by atomic mass is 10.2. The lowest BCUT2D eigenvalue weighted by molar-refractivity contribution is -0.384. The molecule has 1 N–H and O–H groups in total. The molecule has 0 atom stereocenters. The highest BCUT2D eigenvalue weighted by molar-refractivity contribution is 7.99. The van der Waals surface area contributed by atoms with Crippen LogP contribution in [0.4, 0.5) is 11.4 Å². The van der Waals surface area contributed by atoms with Crippen LogP contribution in [-0.2, 0) is 4.79 Å². The van der Waals surface area contributed by atoms with Crippen molar-refractivity contribution in [3.05, 3.63) is 51.5 Å². The number of carbonyl (C=O) groups is 1. The zero-order valence-electron chi connectivity index (χ0n) is 15.7. The third-order valence-corrected chi connectivity index (χ3v) is 4.90. The molecule has 3 aromatic rings. The summed E-state index contributed by atoms with van der Waals surface area (Å²) < 4.78 is 15.8. The van der Waals surface area contributed by atoms with E-state index in [0.29, 0.717) is 27.8 Å². The van der Waals surface area contributed by atoms with Crippen molar-refractivity contribution in [3.8, 4) is 23.0 Å². The summed E-state index contributed by atoms with van der Waals surface area (Å²) in [7, 11) is 2.93. The molecule has 12 heteroatoms. The number of nitro groups is 1. The van der Waals surface area contributed by atoms with Crippen LogP contribution in [0.5, 0.6) is 11.5 Å². The number of non-ortho nitro benzene ring substituents is 1. The minimum Gasteiger partial charge on any atom is -0.495 e. The Balaban J connectivity index is 1.64. The van der Waals surface area contributed by atoms with Gasteiger partial charge < -0.3 is 19.2 Å². The number of nitrogens with zero attached hydrogens (tertiary/aromatic N) is 3. The van der Waals surface area contributed by atoms with Crippen LogP contribution in [0.1, 0.15) is 0 Å². The Morgan fingerprint density at radius 1 is 1.23 bits per heavy atom. The van der Waals surface area contributed by atoms with Gasteiger partial charge in [-0.25, -0.2) is 0 Å². The summed E-state index contributed by atoms with van der Waals surface area (Å²) in [5.41, 5.74) is 0.703. The molecular weight excluding hydrogens is 436 g/mol. The van der Waals surface area contributed by atoms with Crippen molar-refractivity contribution in [2.75, 3.05) is 25.3 Å². The quantitative estimate of drug-likeness (QED) is 0.307. The molecule has 0 aliphatic heterocycles. The van der Waals surface area contributed by atoms with Gasteiger partial charge in [-0.2, -0.15) is 0 Å². The van der Waals surface area contributed by atoms with Gasteiger partial charge in [0, 0.05) is 23.8 Å². The molecular formula is C18H15ClN4O6S. The van der Waals surface area contributed by atoms with Crippen molar-refractivity contribution >= 4 is 40.6 Å². The molecule has 0 saturated carbocycles. The number of amides is 1. The molecule has 1 amide bonds. The SMILES string of the molecule is COc1cc(OC)c(NC(=O)CSc2nnc(-c3cccc([N+](=O)[O-])c3)o2)cc1Cl. The zero-order chi connectivity index (χ0) is 21.7. The van der Waals surface area contributed by atoms with Crippen LogP contribution in [0.2, 0.25) is 5.02 Å². The summed E-state index contributed by atoms with van der Waals surface area (Å²) in [6, 6.07) is 8.91. The molecule has 1 heterocycles. The Labute approximate surface area is 179 Å². The number of benzene rings is 2. The topological polar surface area (TPSA) is 130 Å². The van der Waals surface area contributed by atoms with Crippen LogP contribution in [0.15, 0.2) is 46.0 Å². The van der Waals surface area contributed by atoms with Gasteiger partial charge >= 0.3 is 0 Å². The standard InChI is InChI=1S/C18H15ClN4O6S/c1-27-14-8-15(28-2)13(7-12(14)19)20-16(24)9-30-18-22-21-17(29-18)10-4-3-5-11(6-10)23(25)26/h3-8H,9H2,1-2H3,(H,20,24). The number of nitrogens with one attached hydrogen (secondary N) is 1. The van der Waals surface area contributed by atoms with E-state index in [4.69, 9.17) is 25.5 Å². The molecule has 0 unspecified atom stereocenters. The predicted octanol–water partition coefficient (Wildman–Crippen LogP) is 4.05. The maximum Gasteiger partial charge on any atom is 0.277 e. The lowest BCUT2D eigenvalue weighted by Gasteiger charge is -2.12. The summed E-state index contributed by atoms with van der Waals surface area (Å²) in [5.74, 6) is 0.546. The fourth-order valence-corrected chi connectivity index (χ4v) is 3.21. The first-order valence-electron chi connectivity index (χ1n) is 8.33. The molecule has 2 aromatic carbocycles. The van der Waals surface area contributed by atoms with E-state index in [2.05, 4.69) is 15.5 Å². The van der Waals surface area contributed by atoms with E-state index in [0.717, 1.165) is 11.8 Å². The van der Waals surface area contributed by atoms with Crippen molar-refractivity contribution < 1.29 is 23.6 Å². The monoisotopic (exact) mass is 450 g/mol. The molecule has 0 bridgehead atoms. The van der Waals surface area contributed by atoms with Gasteiger partial charge in [0.2, 0.25) is 11.8 Å². The number of halogens is 1. The van der Waals surface area contributed by atoms with Crippen LogP contribution >= 0.6 is 23.4 Å². The van der Waals surface area contributed by atoms with Crippen molar-refractivity contribution in [3.63, 3.8) is 0 Å². The van der Waals surface area contributed by atoms with E-state index in [1.165, 1.54) is 38.5 Å². The van der Waals surface area contributed by atoms with Crippen LogP contribution in [0.25, 0.3) is 11.5 Å². The number of anilines is 1. The second-order valence-electron chi connectivity index (χ2n) is 5.70. The molecule has 0 saturated heterocycles. The average molecular weight is 451 g/mol. The number of rotatable bonds is 8. The molecule has 30 heavy (non-hydrogen) atoms. The second kappa shape index (κ2) is 9.46. The van der Waals surface area contributed by atoms with E-state index < -0.39 is 4.92 Å². The first-order valence-corrected chi connectivity index (χ1v) is 9.70. The number of methoxy groups -OCH3 is 2. The van der Waals surface area contributed by atoms with Crippen LogP contribution in [0, 0.1) is 10.1 Å². The van der Waals surface area contributed by atoms with Crippen molar-refractivity contribution in [2.45, 2.75) is 5.22 Å². The third kappa shape index (κ3) is 4.99. The molecule has 3 rings (SSSR count). The Kier molecular flexibility index (Phi) is 6.75. The zero-order valence-corrected chi connectivity index (χ0v) is 17.3. The highest BCUT2D eigenvalue weighted by Gasteiger charge is 2.16. The van der Waals surface area contributed by atoms with Crippen LogP contribution in [-0.4, -0.2) is 41.0 Å². The van der Waals surface area contributed by atoms with Gasteiger partial charge in [0.1, 0.15) is 11.5 Å². The molecule has 0 aliphatic rings. The normalized spacial score (nSPS) is 10.5. The van der Waals surface area contributed by atoms with E-state index in [9.17, 15) is 14.9 Å². The molecule has 0 aliphatic carbocycles. The average Bonchev–Trinajstić information content (AvgIpc) is 3.22. The van der Waals surface area contributed by atoms with Gasteiger partial charge in [-0.1, -0.05) is 29.4 Å². The minimum absolute atomic E-state index is 0.0244. The summed E-state index contributed by atoms with van der Waals surface area (Å²) in [5, 5.41) is 21.8. The number of carbonyl (C=O) groups excluding carboxylic acids is 1. The highest BCUT2D eigenvalue weighted by atomic mass is 35.5. The van der Waals surface area contributed by atoms with Crippen LogP contribution < -0.4 is 14.8 Å². The van der Waals surface area contributed by atoms with E-state index in [1.807, 2.05) is 0 Å². The number of hydrogen-bond donors (Lipinski definition) is 1. The van der Waals surface area contributed by atoms with Crippen LogP contribution in [0.3, 0.4) is 0 Å². The first-order chi connectivity index (χ1) is 14.4. The number of ether oxygens (including phenoxy) is 2.